The van der Waals surface area contributed by atoms with E-state index in [0.717, 1.165) is 29.4 Å². The number of amides is 2. The molecule has 0 atom stereocenters. The average molecular weight is 294 g/mol. The smallest absolute Gasteiger partial charge is 0.319 e. The van der Waals surface area contributed by atoms with Crippen LogP contribution in [-0.2, 0) is 6.54 Å². The Morgan fingerprint density at radius 3 is 2.77 bits per heavy atom. The molecule has 0 saturated carbocycles. The Hall–Kier alpha value is -2.82. The first kappa shape index (κ1) is 14.1. The Morgan fingerprint density at radius 2 is 1.95 bits per heavy atom. The summed E-state index contributed by atoms with van der Waals surface area (Å²) in [7, 11) is 0. The number of urea groups is 1. The molecule has 0 aliphatic rings. The number of fused-ring (bicyclic) bond motifs is 1. The number of carbonyl (C=O) groups is 1. The second-order valence-corrected chi connectivity index (χ2v) is 5.07. The van der Waals surface area contributed by atoms with E-state index in [0.29, 0.717) is 6.54 Å². The zero-order valence-corrected chi connectivity index (χ0v) is 12.2. The third-order valence-corrected chi connectivity index (χ3v) is 3.42. The van der Waals surface area contributed by atoms with Crippen molar-refractivity contribution in [3.05, 3.63) is 60.9 Å². The lowest BCUT2D eigenvalue weighted by atomic mass is 10.1. The molecule has 2 amide bonds. The van der Waals surface area contributed by atoms with E-state index in [4.69, 9.17) is 0 Å². The summed E-state index contributed by atoms with van der Waals surface area (Å²) >= 11 is 0. The lowest BCUT2D eigenvalue weighted by Crippen LogP contribution is -2.30. The van der Waals surface area contributed by atoms with Crippen molar-refractivity contribution in [1.82, 2.24) is 15.1 Å². The van der Waals surface area contributed by atoms with Crippen LogP contribution in [-0.4, -0.2) is 22.4 Å². The van der Waals surface area contributed by atoms with Crippen molar-refractivity contribution in [2.75, 3.05) is 11.9 Å². The maximum absolute atomic E-state index is 11.9. The van der Waals surface area contributed by atoms with Crippen LogP contribution in [0.5, 0.6) is 0 Å². The molecule has 22 heavy (non-hydrogen) atoms. The maximum atomic E-state index is 11.9. The van der Waals surface area contributed by atoms with Crippen LogP contribution < -0.4 is 10.6 Å². The van der Waals surface area contributed by atoms with Gasteiger partial charge in [0.05, 0.1) is 0 Å². The van der Waals surface area contributed by atoms with Crippen LogP contribution in [0, 0.1) is 0 Å². The van der Waals surface area contributed by atoms with Gasteiger partial charge in [-0.3, -0.25) is 4.68 Å². The van der Waals surface area contributed by atoms with Gasteiger partial charge >= 0.3 is 6.03 Å². The minimum Gasteiger partial charge on any atom is -0.338 e. The van der Waals surface area contributed by atoms with Crippen molar-refractivity contribution in [2.24, 2.45) is 0 Å². The molecule has 0 unspecified atom stereocenters. The number of aromatic nitrogens is 2. The van der Waals surface area contributed by atoms with Crippen molar-refractivity contribution in [2.45, 2.75) is 13.0 Å². The lowest BCUT2D eigenvalue weighted by Gasteiger charge is -2.08. The molecule has 2 N–H and O–H groups in total. The number of aryl methyl sites for hydroxylation is 1. The number of hydrogen-bond acceptors (Lipinski definition) is 2. The topological polar surface area (TPSA) is 59.0 Å². The van der Waals surface area contributed by atoms with Gasteiger partial charge in [-0.15, -0.1) is 0 Å². The first-order chi connectivity index (χ1) is 10.8. The predicted octanol–water partition coefficient (Wildman–Crippen LogP) is 3.25. The van der Waals surface area contributed by atoms with Crippen LogP contribution in [0.2, 0.25) is 0 Å². The first-order valence-corrected chi connectivity index (χ1v) is 7.32. The van der Waals surface area contributed by atoms with Crippen molar-refractivity contribution in [3.8, 4) is 0 Å². The fourth-order valence-electron chi connectivity index (χ4n) is 2.32. The molecule has 1 heterocycles. The molecule has 0 aliphatic heterocycles. The number of rotatable bonds is 5. The van der Waals surface area contributed by atoms with Gasteiger partial charge in [-0.25, -0.2) is 4.79 Å². The van der Waals surface area contributed by atoms with E-state index < -0.39 is 0 Å². The summed E-state index contributed by atoms with van der Waals surface area (Å²) in [5.41, 5.74) is 0.795. The maximum Gasteiger partial charge on any atom is 0.319 e. The average Bonchev–Trinajstić information content (AvgIpc) is 3.05. The molecule has 0 fully saturated rings. The number of carbonyl (C=O) groups excluding carboxylic acids is 1. The van der Waals surface area contributed by atoms with E-state index in [1.54, 1.807) is 6.20 Å². The van der Waals surface area contributed by atoms with Crippen molar-refractivity contribution in [1.29, 1.82) is 0 Å². The van der Waals surface area contributed by atoms with Gasteiger partial charge in [-0.05, 0) is 35.4 Å². The Balaban J connectivity index is 1.48. The first-order valence-electron chi connectivity index (χ1n) is 7.32. The summed E-state index contributed by atoms with van der Waals surface area (Å²) < 4.78 is 1.85. The molecule has 0 aliphatic carbocycles. The van der Waals surface area contributed by atoms with Gasteiger partial charge in [-0.1, -0.05) is 30.3 Å². The second-order valence-electron chi connectivity index (χ2n) is 5.07. The van der Waals surface area contributed by atoms with Gasteiger partial charge in [0, 0.05) is 31.2 Å². The van der Waals surface area contributed by atoms with Crippen LogP contribution >= 0.6 is 0 Å². The number of nitrogens with zero attached hydrogens (tertiary/aromatic N) is 2. The van der Waals surface area contributed by atoms with Gasteiger partial charge in [0.1, 0.15) is 0 Å². The minimum atomic E-state index is -0.184. The molecular weight excluding hydrogens is 276 g/mol. The van der Waals surface area contributed by atoms with E-state index >= 15 is 0 Å². The summed E-state index contributed by atoms with van der Waals surface area (Å²) in [6.45, 7) is 1.41. The Morgan fingerprint density at radius 1 is 1.09 bits per heavy atom. The third-order valence-electron chi connectivity index (χ3n) is 3.42. The van der Waals surface area contributed by atoms with Crippen LogP contribution in [0.15, 0.2) is 60.9 Å². The minimum absolute atomic E-state index is 0.184. The third kappa shape index (κ3) is 3.63. The predicted molar refractivity (Wildman–Crippen MR) is 87.8 cm³/mol. The summed E-state index contributed by atoms with van der Waals surface area (Å²) in [5, 5.41) is 12.1. The van der Waals surface area contributed by atoms with Crippen LogP contribution in [0.3, 0.4) is 0 Å². The molecule has 0 radical (unpaired) electrons. The van der Waals surface area contributed by atoms with Crippen LogP contribution in [0.25, 0.3) is 10.8 Å². The molecule has 5 heteroatoms. The number of nitrogens with one attached hydrogen (secondary N) is 2. The number of benzene rings is 2. The summed E-state index contributed by atoms with van der Waals surface area (Å²) in [6, 6.07) is 15.7. The highest BCUT2D eigenvalue weighted by atomic mass is 16.2. The monoisotopic (exact) mass is 294 g/mol. The SMILES string of the molecule is O=C(NCCCn1cccn1)Nc1ccc2ccccc2c1. The summed E-state index contributed by atoms with van der Waals surface area (Å²) in [5.74, 6) is 0. The lowest BCUT2D eigenvalue weighted by molar-refractivity contribution is 0.251. The highest BCUT2D eigenvalue weighted by Gasteiger charge is 2.02. The molecular formula is C17H18N4O. The van der Waals surface area contributed by atoms with E-state index in [2.05, 4.69) is 21.8 Å². The van der Waals surface area contributed by atoms with Gasteiger partial charge in [0.2, 0.25) is 0 Å². The summed E-state index contributed by atoms with van der Waals surface area (Å²) in [6.07, 6.45) is 4.50. The molecule has 0 spiro atoms. The molecule has 2 aromatic carbocycles. The molecule has 3 aromatic rings. The van der Waals surface area contributed by atoms with Crippen molar-refractivity contribution in [3.63, 3.8) is 0 Å². The van der Waals surface area contributed by atoms with Gasteiger partial charge in [0.25, 0.3) is 0 Å². The normalized spacial score (nSPS) is 10.5. The quantitative estimate of drug-likeness (QED) is 0.710. The molecule has 112 valence electrons. The Bertz CT molecular complexity index is 752. The molecule has 1 aromatic heterocycles. The van der Waals surface area contributed by atoms with Gasteiger partial charge < -0.3 is 10.6 Å². The zero-order valence-electron chi connectivity index (χ0n) is 12.2. The highest BCUT2D eigenvalue weighted by molar-refractivity contribution is 5.93. The van der Waals surface area contributed by atoms with Gasteiger partial charge in [-0.2, -0.15) is 5.10 Å². The fraction of sp³-hybridized carbons (Fsp3) is 0.176. The number of anilines is 1. The Kier molecular flexibility index (Phi) is 4.34. The second kappa shape index (κ2) is 6.76. The molecule has 3 rings (SSSR count). The standard InChI is InChI=1S/C17H18N4O/c22-17(18-9-3-11-21-12-4-10-19-21)20-16-8-7-14-5-1-2-6-15(14)13-16/h1-2,4-8,10,12-13H,3,9,11H2,(H2,18,20,22). The van der Waals surface area contributed by atoms with E-state index in [1.807, 2.05) is 53.3 Å². The van der Waals surface area contributed by atoms with E-state index in [1.165, 1.54) is 0 Å². The fourth-order valence-corrected chi connectivity index (χ4v) is 2.32. The van der Waals surface area contributed by atoms with E-state index in [-0.39, 0.29) is 6.03 Å². The molecule has 0 saturated heterocycles. The Labute approximate surface area is 128 Å². The van der Waals surface area contributed by atoms with Crippen LogP contribution in [0.4, 0.5) is 10.5 Å². The van der Waals surface area contributed by atoms with Gasteiger partial charge in [0.15, 0.2) is 0 Å². The van der Waals surface area contributed by atoms with Crippen LogP contribution in [0.1, 0.15) is 6.42 Å². The molecule has 5 nitrogen and oxygen atoms in total. The van der Waals surface area contributed by atoms with E-state index in [9.17, 15) is 4.79 Å². The van der Waals surface area contributed by atoms with Crippen molar-refractivity contribution < 1.29 is 4.79 Å². The zero-order chi connectivity index (χ0) is 15.2. The largest absolute Gasteiger partial charge is 0.338 e. The highest BCUT2D eigenvalue weighted by Crippen LogP contribution is 2.18. The molecule has 0 bridgehead atoms. The summed E-state index contributed by atoms with van der Waals surface area (Å²) in [4.78, 5) is 11.9. The number of hydrogen-bond donors (Lipinski definition) is 2. The van der Waals surface area contributed by atoms with Crippen molar-refractivity contribution >= 4 is 22.5 Å².